The van der Waals surface area contributed by atoms with Gasteiger partial charge in [0.2, 0.25) is 0 Å². The molecule has 0 aliphatic carbocycles. The number of amides is 1. The number of benzene rings is 2. The van der Waals surface area contributed by atoms with Crippen LogP contribution in [-0.4, -0.2) is 31.2 Å². The number of esters is 1. The predicted molar refractivity (Wildman–Crippen MR) is 108 cm³/mol. The van der Waals surface area contributed by atoms with E-state index < -0.39 is 18.0 Å². The molecule has 1 amide bonds. The molecule has 1 N–H and O–H groups in total. The highest BCUT2D eigenvalue weighted by Crippen LogP contribution is 2.29. The number of carbonyl (C=O) groups is 2. The normalized spacial score (nSPS) is 11.9. The van der Waals surface area contributed by atoms with Gasteiger partial charge in [-0.2, -0.15) is 0 Å². The van der Waals surface area contributed by atoms with Crippen LogP contribution in [0.4, 0.5) is 5.69 Å². The number of hydrogen-bond donors (Lipinski definition) is 1. The van der Waals surface area contributed by atoms with Gasteiger partial charge in [-0.1, -0.05) is 24.3 Å². The maximum absolute atomic E-state index is 12.1. The molecule has 0 unspecified atom stereocenters. The Kier molecular flexibility index (Phi) is 7.63. The predicted octanol–water partition coefficient (Wildman–Crippen LogP) is 4.07. The average molecular weight is 383 g/mol. The molecule has 0 bridgehead atoms. The lowest BCUT2D eigenvalue weighted by Gasteiger charge is -2.14. The fourth-order valence-electron chi connectivity index (χ4n) is 2.34. The molecule has 0 aliphatic heterocycles. The molecule has 0 radical (unpaired) electrons. The summed E-state index contributed by atoms with van der Waals surface area (Å²) in [6.07, 6.45) is 1.96. The largest absolute Gasteiger partial charge is 0.493 e. The van der Waals surface area contributed by atoms with E-state index in [1.807, 2.05) is 19.9 Å². The molecule has 0 fully saturated rings. The zero-order chi connectivity index (χ0) is 20.5. The van der Waals surface area contributed by atoms with Crippen molar-refractivity contribution in [1.82, 2.24) is 0 Å². The molecule has 0 aliphatic rings. The van der Waals surface area contributed by atoms with Gasteiger partial charge in [-0.25, -0.2) is 4.79 Å². The summed E-state index contributed by atoms with van der Waals surface area (Å²) in [7, 11) is 1.55. The highest BCUT2D eigenvalue weighted by atomic mass is 16.5. The lowest BCUT2D eigenvalue weighted by molar-refractivity contribution is -0.148. The lowest BCUT2D eigenvalue weighted by Crippen LogP contribution is -2.29. The molecule has 0 saturated heterocycles. The number of methoxy groups -OCH3 is 1. The summed E-state index contributed by atoms with van der Waals surface area (Å²) in [5, 5.41) is 2.69. The SMILES string of the molecule is COc1cc(/C=C/C(=O)O[C@H](C)C(=O)Nc2ccccc2)ccc1OC(C)C. The standard InChI is InChI=1S/C22H25NO5/c1-15(2)27-19-12-10-17(14-20(19)26-4)11-13-21(24)28-16(3)22(25)23-18-8-6-5-7-9-18/h5-16H,1-4H3,(H,23,25)/b13-11+/t16-/m1/s1. The average Bonchev–Trinajstić information content (AvgIpc) is 2.67. The van der Waals surface area contributed by atoms with Crippen molar-refractivity contribution in [3.8, 4) is 11.5 Å². The number of nitrogens with one attached hydrogen (secondary N) is 1. The van der Waals surface area contributed by atoms with E-state index in [1.54, 1.807) is 55.7 Å². The van der Waals surface area contributed by atoms with Gasteiger partial charge in [0.05, 0.1) is 13.2 Å². The lowest BCUT2D eigenvalue weighted by atomic mass is 10.2. The van der Waals surface area contributed by atoms with Gasteiger partial charge >= 0.3 is 5.97 Å². The maximum Gasteiger partial charge on any atom is 0.331 e. The minimum Gasteiger partial charge on any atom is -0.493 e. The zero-order valence-corrected chi connectivity index (χ0v) is 16.5. The molecule has 6 nitrogen and oxygen atoms in total. The Balaban J connectivity index is 1.94. The number of carbonyl (C=O) groups excluding carboxylic acids is 2. The van der Waals surface area contributed by atoms with Gasteiger partial charge in [0.15, 0.2) is 17.6 Å². The molecule has 2 rings (SSSR count). The fourth-order valence-corrected chi connectivity index (χ4v) is 2.34. The van der Waals surface area contributed by atoms with E-state index in [0.717, 1.165) is 5.56 Å². The molecule has 2 aromatic rings. The van der Waals surface area contributed by atoms with Crippen LogP contribution in [0.15, 0.2) is 54.6 Å². The second-order valence-corrected chi connectivity index (χ2v) is 6.34. The Hall–Kier alpha value is -3.28. The summed E-state index contributed by atoms with van der Waals surface area (Å²) in [4.78, 5) is 24.1. The molecule has 6 heteroatoms. The van der Waals surface area contributed by atoms with Gasteiger partial charge in [-0.05, 0) is 56.7 Å². The third-order valence-electron chi connectivity index (χ3n) is 3.67. The van der Waals surface area contributed by atoms with Crippen LogP contribution in [0.2, 0.25) is 0 Å². The molecule has 0 saturated carbocycles. The van der Waals surface area contributed by atoms with Crippen LogP contribution in [0.25, 0.3) is 6.08 Å². The van der Waals surface area contributed by atoms with E-state index in [4.69, 9.17) is 14.2 Å². The Bertz CT molecular complexity index is 830. The number of anilines is 1. The van der Waals surface area contributed by atoms with Gasteiger partial charge in [-0.15, -0.1) is 0 Å². The number of rotatable bonds is 8. The van der Waals surface area contributed by atoms with Gasteiger partial charge in [0, 0.05) is 11.8 Å². The molecular formula is C22H25NO5. The number of para-hydroxylation sites is 1. The van der Waals surface area contributed by atoms with Crippen molar-refractivity contribution >= 4 is 23.6 Å². The highest BCUT2D eigenvalue weighted by molar-refractivity contribution is 5.96. The molecule has 148 valence electrons. The Labute approximate surface area is 165 Å². The monoisotopic (exact) mass is 383 g/mol. The van der Waals surface area contributed by atoms with E-state index >= 15 is 0 Å². The van der Waals surface area contributed by atoms with Crippen LogP contribution in [0, 0.1) is 0 Å². The van der Waals surface area contributed by atoms with Gasteiger partial charge < -0.3 is 19.5 Å². The molecule has 1 atom stereocenters. The summed E-state index contributed by atoms with van der Waals surface area (Å²) in [5.41, 5.74) is 1.38. The van der Waals surface area contributed by atoms with E-state index in [1.165, 1.54) is 13.0 Å². The van der Waals surface area contributed by atoms with Gasteiger partial charge in [0.25, 0.3) is 5.91 Å². The minimum atomic E-state index is -0.922. The number of ether oxygens (including phenoxy) is 3. The smallest absolute Gasteiger partial charge is 0.331 e. The zero-order valence-electron chi connectivity index (χ0n) is 16.5. The Morgan fingerprint density at radius 1 is 1.00 bits per heavy atom. The molecule has 2 aromatic carbocycles. The van der Waals surface area contributed by atoms with Gasteiger partial charge in [0.1, 0.15) is 0 Å². The highest BCUT2D eigenvalue weighted by Gasteiger charge is 2.16. The third-order valence-corrected chi connectivity index (χ3v) is 3.67. The maximum atomic E-state index is 12.1. The quantitative estimate of drug-likeness (QED) is 0.549. The Morgan fingerprint density at radius 3 is 2.36 bits per heavy atom. The summed E-state index contributed by atoms with van der Waals surface area (Å²) < 4.78 is 16.1. The summed E-state index contributed by atoms with van der Waals surface area (Å²) >= 11 is 0. The Morgan fingerprint density at radius 2 is 1.71 bits per heavy atom. The molecular weight excluding hydrogens is 358 g/mol. The van der Waals surface area contributed by atoms with E-state index in [9.17, 15) is 9.59 Å². The first-order valence-electron chi connectivity index (χ1n) is 8.98. The van der Waals surface area contributed by atoms with Crippen LogP contribution in [0.5, 0.6) is 11.5 Å². The van der Waals surface area contributed by atoms with Crippen LogP contribution in [0.3, 0.4) is 0 Å². The van der Waals surface area contributed by atoms with Crippen molar-refractivity contribution in [2.45, 2.75) is 33.0 Å². The molecule has 0 heterocycles. The van der Waals surface area contributed by atoms with Crippen molar-refractivity contribution in [2.24, 2.45) is 0 Å². The third kappa shape index (κ3) is 6.46. The van der Waals surface area contributed by atoms with E-state index in [-0.39, 0.29) is 6.10 Å². The van der Waals surface area contributed by atoms with Crippen molar-refractivity contribution in [2.75, 3.05) is 12.4 Å². The second kappa shape index (κ2) is 10.2. The van der Waals surface area contributed by atoms with Gasteiger partial charge in [-0.3, -0.25) is 4.79 Å². The van der Waals surface area contributed by atoms with Crippen LogP contribution in [-0.2, 0) is 14.3 Å². The van der Waals surface area contributed by atoms with Crippen LogP contribution < -0.4 is 14.8 Å². The molecule has 0 aromatic heterocycles. The first-order valence-corrected chi connectivity index (χ1v) is 8.98. The number of hydrogen-bond acceptors (Lipinski definition) is 5. The molecule has 0 spiro atoms. The van der Waals surface area contributed by atoms with Crippen molar-refractivity contribution in [3.05, 3.63) is 60.2 Å². The van der Waals surface area contributed by atoms with Crippen molar-refractivity contribution < 1.29 is 23.8 Å². The van der Waals surface area contributed by atoms with Crippen molar-refractivity contribution in [3.63, 3.8) is 0 Å². The van der Waals surface area contributed by atoms with Crippen LogP contribution in [0.1, 0.15) is 26.3 Å². The minimum absolute atomic E-state index is 0.0220. The second-order valence-electron chi connectivity index (χ2n) is 6.34. The van der Waals surface area contributed by atoms with E-state index in [0.29, 0.717) is 17.2 Å². The molecule has 28 heavy (non-hydrogen) atoms. The van der Waals surface area contributed by atoms with Crippen molar-refractivity contribution in [1.29, 1.82) is 0 Å². The summed E-state index contributed by atoms with van der Waals surface area (Å²) in [6.45, 7) is 5.38. The van der Waals surface area contributed by atoms with E-state index in [2.05, 4.69) is 5.32 Å². The topological polar surface area (TPSA) is 73.9 Å². The first kappa shape index (κ1) is 21.0. The first-order chi connectivity index (χ1) is 13.4. The van der Waals surface area contributed by atoms with Crippen LogP contribution >= 0.6 is 0 Å². The summed E-state index contributed by atoms with van der Waals surface area (Å²) in [5.74, 6) is 0.185. The fraction of sp³-hybridized carbons (Fsp3) is 0.273. The summed E-state index contributed by atoms with van der Waals surface area (Å²) in [6, 6.07) is 14.3.